The zero-order chi connectivity index (χ0) is 11.7. The minimum Gasteiger partial charge on any atom is -0.306 e. The first-order valence-corrected chi connectivity index (χ1v) is 5.76. The molecule has 0 spiro atoms. The summed E-state index contributed by atoms with van der Waals surface area (Å²) in [5.41, 5.74) is 0. The van der Waals surface area contributed by atoms with Crippen LogP contribution in [0.15, 0.2) is 0 Å². The Bertz CT molecular complexity index is 145. The molecule has 0 aromatic carbocycles. The van der Waals surface area contributed by atoms with Gasteiger partial charge in [0.1, 0.15) is 0 Å². The summed E-state index contributed by atoms with van der Waals surface area (Å²) in [5, 5.41) is 2.49. The van der Waals surface area contributed by atoms with Gasteiger partial charge in [0, 0.05) is 6.04 Å². The number of nitrogens with one attached hydrogen (secondary N) is 1. The quantitative estimate of drug-likeness (QED) is 0.618. The fraction of sp³-hybridized carbons (Fsp3) is 1.00. The van der Waals surface area contributed by atoms with Gasteiger partial charge in [-0.2, -0.15) is 13.2 Å². The van der Waals surface area contributed by atoms with Crippen molar-refractivity contribution in [2.75, 3.05) is 6.54 Å². The Labute approximate surface area is 90.4 Å². The van der Waals surface area contributed by atoms with Crippen molar-refractivity contribution < 1.29 is 13.2 Å². The molecule has 1 N–H and O–H groups in total. The van der Waals surface area contributed by atoms with E-state index in [4.69, 9.17) is 0 Å². The van der Waals surface area contributed by atoms with Crippen LogP contribution in [0, 0.1) is 0 Å². The van der Waals surface area contributed by atoms with Crippen LogP contribution < -0.4 is 5.32 Å². The van der Waals surface area contributed by atoms with Crippen LogP contribution in [0.5, 0.6) is 0 Å². The maximum atomic E-state index is 11.8. The van der Waals surface area contributed by atoms with E-state index in [2.05, 4.69) is 12.2 Å². The predicted octanol–water partition coefficient (Wildman–Crippen LogP) is 3.89. The second kappa shape index (κ2) is 7.97. The lowest BCUT2D eigenvalue weighted by molar-refractivity contribution is -0.126. The van der Waals surface area contributed by atoms with Crippen molar-refractivity contribution in [3.05, 3.63) is 0 Å². The predicted molar refractivity (Wildman–Crippen MR) is 56.9 cm³/mol. The van der Waals surface area contributed by atoms with Gasteiger partial charge in [0.2, 0.25) is 0 Å². The van der Waals surface area contributed by atoms with Gasteiger partial charge in [-0.1, -0.05) is 39.0 Å². The third kappa shape index (κ3) is 11.7. The van der Waals surface area contributed by atoms with E-state index in [1.165, 1.54) is 19.3 Å². The fourth-order valence-corrected chi connectivity index (χ4v) is 1.45. The smallest absolute Gasteiger partial charge is 0.306 e. The van der Waals surface area contributed by atoms with Crippen molar-refractivity contribution >= 4 is 0 Å². The zero-order valence-electron chi connectivity index (χ0n) is 9.66. The first-order chi connectivity index (χ1) is 6.95. The van der Waals surface area contributed by atoms with Gasteiger partial charge >= 0.3 is 6.18 Å². The van der Waals surface area contributed by atoms with Crippen LogP contribution in [-0.4, -0.2) is 18.8 Å². The molecule has 0 fully saturated rings. The van der Waals surface area contributed by atoms with E-state index in [-0.39, 0.29) is 6.04 Å². The molecular formula is C11H22F3N. The molecule has 0 rings (SSSR count). The van der Waals surface area contributed by atoms with Crippen molar-refractivity contribution in [3.63, 3.8) is 0 Å². The maximum absolute atomic E-state index is 11.8. The minimum absolute atomic E-state index is 0.0340. The van der Waals surface area contributed by atoms with Crippen molar-refractivity contribution in [2.24, 2.45) is 0 Å². The normalized spacial score (nSPS) is 14.2. The lowest BCUT2D eigenvalue weighted by atomic mass is 10.1. The molecule has 0 aromatic heterocycles. The molecule has 1 atom stereocenters. The van der Waals surface area contributed by atoms with Gasteiger partial charge in [-0.25, -0.2) is 0 Å². The second-order valence-electron chi connectivity index (χ2n) is 4.10. The van der Waals surface area contributed by atoms with Crippen molar-refractivity contribution in [1.29, 1.82) is 0 Å². The Morgan fingerprint density at radius 2 is 1.67 bits per heavy atom. The Hall–Kier alpha value is -0.250. The first-order valence-electron chi connectivity index (χ1n) is 5.76. The lowest BCUT2D eigenvalue weighted by Crippen LogP contribution is -2.35. The molecule has 0 amide bonds. The summed E-state index contributed by atoms with van der Waals surface area (Å²) in [6.45, 7) is 3.09. The molecule has 0 saturated carbocycles. The standard InChI is InChI=1S/C11H22F3N/c1-3-4-5-6-7-8-10(2)15-9-11(12,13)14/h10,15H,3-9H2,1-2H3. The summed E-state index contributed by atoms with van der Waals surface area (Å²) in [6, 6.07) is -0.0340. The summed E-state index contributed by atoms with van der Waals surface area (Å²) in [5.74, 6) is 0. The van der Waals surface area contributed by atoms with Crippen molar-refractivity contribution in [1.82, 2.24) is 5.32 Å². The third-order valence-electron chi connectivity index (χ3n) is 2.39. The largest absolute Gasteiger partial charge is 0.401 e. The van der Waals surface area contributed by atoms with E-state index in [1.807, 2.05) is 6.92 Å². The molecule has 4 heteroatoms. The van der Waals surface area contributed by atoms with Crippen LogP contribution in [0.1, 0.15) is 52.4 Å². The molecule has 0 heterocycles. The summed E-state index contributed by atoms with van der Waals surface area (Å²) < 4.78 is 35.5. The molecular weight excluding hydrogens is 203 g/mol. The molecule has 0 aliphatic heterocycles. The molecule has 0 aliphatic carbocycles. The minimum atomic E-state index is -4.09. The number of rotatable bonds is 8. The number of hydrogen-bond acceptors (Lipinski definition) is 1. The van der Waals surface area contributed by atoms with E-state index in [0.29, 0.717) is 0 Å². The SMILES string of the molecule is CCCCCCCC(C)NCC(F)(F)F. The highest BCUT2D eigenvalue weighted by molar-refractivity contribution is 4.64. The van der Waals surface area contributed by atoms with Crippen LogP contribution in [0.3, 0.4) is 0 Å². The molecule has 15 heavy (non-hydrogen) atoms. The van der Waals surface area contributed by atoms with Gasteiger partial charge in [-0.3, -0.25) is 0 Å². The first kappa shape index (κ1) is 14.8. The highest BCUT2D eigenvalue weighted by Crippen LogP contribution is 2.13. The Balaban J connectivity index is 3.30. The monoisotopic (exact) mass is 225 g/mol. The van der Waals surface area contributed by atoms with Crippen LogP contribution in [0.2, 0.25) is 0 Å². The maximum Gasteiger partial charge on any atom is 0.401 e. The summed E-state index contributed by atoms with van der Waals surface area (Å²) in [6.07, 6.45) is 2.52. The van der Waals surface area contributed by atoms with E-state index >= 15 is 0 Å². The molecule has 1 nitrogen and oxygen atoms in total. The number of unbranched alkanes of at least 4 members (excludes halogenated alkanes) is 4. The van der Waals surface area contributed by atoms with Gasteiger partial charge in [-0.15, -0.1) is 0 Å². The van der Waals surface area contributed by atoms with Gasteiger partial charge in [0.25, 0.3) is 0 Å². The Morgan fingerprint density at radius 3 is 2.20 bits per heavy atom. The second-order valence-corrected chi connectivity index (χ2v) is 4.10. The molecule has 1 unspecified atom stereocenters. The van der Waals surface area contributed by atoms with E-state index in [0.717, 1.165) is 19.3 Å². The topological polar surface area (TPSA) is 12.0 Å². The number of halogens is 3. The van der Waals surface area contributed by atoms with Gasteiger partial charge in [-0.05, 0) is 13.3 Å². The van der Waals surface area contributed by atoms with Crippen molar-refractivity contribution in [3.8, 4) is 0 Å². The molecule has 0 aliphatic rings. The average Bonchev–Trinajstić information content (AvgIpc) is 2.13. The van der Waals surface area contributed by atoms with E-state index in [1.54, 1.807) is 0 Å². The van der Waals surface area contributed by atoms with Crippen LogP contribution in [0.4, 0.5) is 13.2 Å². The Kier molecular flexibility index (Phi) is 7.83. The number of hydrogen-bond donors (Lipinski definition) is 1. The molecule has 92 valence electrons. The summed E-state index contributed by atoms with van der Waals surface area (Å²) in [7, 11) is 0. The Morgan fingerprint density at radius 1 is 1.07 bits per heavy atom. The third-order valence-corrected chi connectivity index (χ3v) is 2.39. The van der Waals surface area contributed by atoms with E-state index in [9.17, 15) is 13.2 Å². The molecule has 0 saturated heterocycles. The van der Waals surface area contributed by atoms with Crippen LogP contribution in [0.25, 0.3) is 0 Å². The van der Waals surface area contributed by atoms with Crippen molar-refractivity contribution in [2.45, 2.75) is 64.6 Å². The fourth-order valence-electron chi connectivity index (χ4n) is 1.45. The number of alkyl halides is 3. The van der Waals surface area contributed by atoms with Crippen LogP contribution >= 0.6 is 0 Å². The van der Waals surface area contributed by atoms with Gasteiger partial charge < -0.3 is 5.32 Å². The summed E-state index contributed by atoms with van der Waals surface area (Å²) in [4.78, 5) is 0. The molecule has 0 radical (unpaired) electrons. The summed E-state index contributed by atoms with van der Waals surface area (Å²) >= 11 is 0. The van der Waals surface area contributed by atoms with Gasteiger partial charge in [0.15, 0.2) is 0 Å². The van der Waals surface area contributed by atoms with E-state index < -0.39 is 12.7 Å². The average molecular weight is 225 g/mol. The highest BCUT2D eigenvalue weighted by atomic mass is 19.4. The zero-order valence-corrected chi connectivity index (χ0v) is 9.66. The highest BCUT2D eigenvalue weighted by Gasteiger charge is 2.26. The van der Waals surface area contributed by atoms with Crippen LogP contribution in [-0.2, 0) is 0 Å². The molecule has 0 aromatic rings. The molecule has 0 bridgehead atoms. The van der Waals surface area contributed by atoms with Gasteiger partial charge in [0.05, 0.1) is 6.54 Å². The lowest BCUT2D eigenvalue weighted by Gasteiger charge is -2.15.